The second kappa shape index (κ2) is 10.8. The molecule has 0 bridgehead atoms. The minimum Gasteiger partial charge on any atom is -0.463 e. The molecule has 4 aliphatic rings. The van der Waals surface area contributed by atoms with Gasteiger partial charge in [-0.2, -0.15) is 0 Å². The molecule has 0 aliphatic heterocycles. The van der Waals surface area contributed by atoms with Gasteiger partial charge in [0.15, 0.2) is 3.79 Å². The van der Waals surface area contributed by atoms with Crippen LogP contribution in [0.3, 0.4) is 0 Å². The first kappa shape index (κ1) is 28.4. The zero-order valence-electron chi connectivity index (χ0n) is 23.2. The first-order chi connectivity index (χ1) is 16.9. The first-order valence-electron chi connectivity index (χ1n) is 14.4. The molecule has 0 aromatic rings. The fourth-order valence-electron chi connectivity index (χ4n) is 10.1. The quantitative estimate of drug-likeness (QED) is 0.173. The van der Waals surface area contributed by atoms with Gasteiger partial charge in [-0.05, 0) is 127 Å². The third kappa shape index (κ3) is 5.02. The number of esters is 2. The predicted molar refractivity (Wildman–Crippen MR) is 148 cm³/mol. The van der Waals surface area contributed by atoms with E-state index in [1.165, 1.54) is 32.6 Å². The van der Waals surface area contributed by atoms with Crippen LogP contribution >= 0.6 is 22.6 Å². The maximum atomic E-state index is 12.5. The van der Waals surface area contributed by atoms with Crippen molar-refractivity contribution < 1.29 is 23.9 Å². The number of rotatable bonds is 7. The van der Waals surface area contributed by atoms with Crippen molar-refractivity contribution in [2.24, 2.45) is 52.3 Å². The molecular formula is C30H47IO5. The molecule has 4 fully saturated rings. The normalized spacial score (nSPS) is 44.5. The molecule has 204 valence electrons. The summed E-state index contributed by atoms with van der Waals surface area (Å²) < 4.78 is 12.3. The molecule has 0 aromatic carbocycles. The average Bonchev–Trinajstić information content (AvgIpc) is 3.15. The van der Waals surface area contributed by atoms with Crippen LogP contribution in [-0.4, -0.2) is 27.9 Å². The first-order valence-corrected chi connectivity index (χ1v) is 15.5. The van der Waals surface area contributed by atoms with Gasteiger partial charge in [-0.1, -0.05) is 27.7 Å². The van der Waals surface area contributed by atoms with E-state index in [-0.39, 0.29) is 38.8 Å². The van der Waals surface area contributed by atoms with Crippen molar-refractivity contribution in [3.8, 4) is 0 Å². The van der Waals surface area contributed by atoms with Gasteiger partial charge in [-0.15, -0.1) is 0 Å². The fraction of sp³-hybridized carbons (Fsp3) is 0.900. The van der Waals surface area contributed by atoms with E-state index in [2.05, 4.69) is 27.7 Å². The Morgan fingerprint density at radius 2 is 1.56 bits per heavy atom. The SMILES string of the molecule is CC[C@H]1[C@@H](OC(C)=O)C2[C@@H]3CC[C@H]([C@H](C)CCC(=O)I)C3(C)CC[C@@H]2[C@]2(C)CC[C@@H](OC(C)=O)C[C@@H]12. The highest BCUT2D eigenvalue weighted by atomic mass is 127. The van der Waals surface area contributed by atoms with Crippen LogP contribution in [0.5, 0.6) is 0 Å². The van der Waals surface area contributed by atoms with E-state index in [0.29, 0.717) is 47.8 Å². The van der Waals surface area contributed by atoms with Crippen LogP contribution in [0.25, 0.3) is 0 Å². The summed E-state index contributed by atoms with van der Waals surface area (Å²) in [5.74, 6) is 3.01. The number of fused-ring (bicyclic) bond motifs is 5. The molecule has 4 rings (SSSR count). The Morgan fingerprint density at radius 1 is 0.917 bits per heavy atom. The molecule has 6 heteroatoms. The van der Waals surface area contributed by atoms with Gasteiger partial charge < -0.3 is 9.47 Å². The molecule has 4 saturated carbocycles. The highest BCUT2D eigenvalue weighted by Crippen LogP contribution is 2.70. The Labute approximate surface area is 231 Å². The van der Waals surface area contributed by atoms with Gasteiger partial charge in [0.05, 0.1) is 0 Å². The largest absolute Gasteiger partial charge is 0.463 e. The molecule has 2 unspecified atom stereocenters. The topological polar surface area (TPSA) is 69.7 Å². The third-order valence-corrected chi connectivity index (χ3v) is 12.1. The molecule has 0 aromatic heterocycles. The Balaban J connectivity index is 1.67. The maximum Gasteiger partial charge on any atom is 0.302 e. The highest BCUT2D eigenvalue weighted by Gasteiger charge is 2.66. The van der Waals surface area contributed by atoms with Gasteiger partial charge in [0, 0.05) is 26.2 Å². The van der Waals surface area contributed by atoms with E-state index >= 15 is 0 Å². The predicted octanol–water partition coefficient (Wildman–Crippen LogP) is 7.13. The van der Waals surface area contributed by atoms with Crippen LogP contribution in [-0.2, 0) is 23.9 Å². The summed E-state index contributed by atoms with van der Waals surface area (Å²) in [4.78, 5) is 35.9. The van der Waals surface area contributed by atoms with E-state index in [9.17, 15) is 14.4 Å². The lowest BCUT2D eigenvalue weighted by Crippen LogP contribution is -2.63. The molecule has 0 heterocycles. The van der Waals surface area contributed by atoms with E-state index in [4.69, 9.17) is 9.47 Å². The monoisotopic (exact) mass is 614 g/mol. The van der Waals surface area contributed by atoms with E-state index in [1.54, 1.807) is 6.92 Å². The van der Waals surface area contributed by atoms with Crippen molar-refractivity contribution in [2.45, 2.75) is 118 Å². The van der Waals surface area contributed by atoms with Crippen LogP contribution in [0.2, 0.25) is 0 Å². The highest BCUT2D eigenvalue weighted by molar-refractivity contribution is 14.1. The maximum absolute atomic E-state index is 12.5. The van der Waals surface area contributed by atoms with Gasteiger partial charge in [-0.25, -0.2) is 0 Å². The Kier molecular flexibility index (Phi) is 8.54. The summed E-state index contributed by atoms with van der Waals surface area (Å²) in [6.07, 6.45) is 10.3. The summed E-state index contributed by atoms with van der Waals surface area (Å²) in [7, 11) is 0. The van der Waals surface area contributed by atoms with Gasteiger partial charge in [0.2, 0.25) is 0 Å². The van der Waals surface area contributed by atoms with Crippen LogP contribution in [0.4, 0.5) is 0 Å². The minimum atomic E-state index is -0.189. The number of hydrogen-bond acceptors (Lipinski definition) is 5. The Hall–Kier alpha value is -0.660. The second-order valence-corrected chi connectivity index (χ2v) is 14.4. The molecular weight excluding hydrogens is 567 g/mol. The van der Waals surface area contributed by atoms with Crippen molar-refractivity contribution >= 4 is 38.3 Å². The van der Waals surface area contributed by atoms with Crippen molar-refractivity contribution in [2.75, 3.05) is 0 Å². The number of carbonyl (C=O) groups is 3. The number of ether oxygens (including phenoxy) is 2. The molecule has 0 N–H and O–H groups in total. The minimum absolute atomic E-state index is 0.0182. The van der Waals surface area contributed by atoms with Crippen LogP contribution in [0.1, 0.15) is 106 Å². The molecule has 0 spiro atoms. The van der Waals surface area contributed by atoms with Gasteiger partial charge in [0.25, 0.3) is 0 Å². The third-order valence-electron chi connectivity index (χ3n) is 11.5. The Bertz CT molecular complexity index is 858. The van der Waals surface area contributed by atoms with E-state index in [0.717, 1.165) is 32.1 Å². The molecule has 36 heavy (non-hydrogen) atoms. The fourth-order valence-corrected chi connectivity index (χ4v) is 10.4. The standard InChI is InChI=1S/C30H47IO5/c1-7-21-25-16-20(35-18(3)32)12-14-30(25,6)24-13-15-29(5)22(17(2)8-11-26(31)34)9-10-23(29)27(24)28(21)36-19(4)33/h17,20-25,27-28H,7-16H2,1-6H3/t17-,20-,21-,22-,23+,24+,25+,27?,28-,29?,30+/m1/s1. The summed E-state index contributed by atoms with van der Waals surface area (Å²) in [6, 6.07) is 0. The van der Waals surface area contributed by atoms with Crippen molar-refractivity contribution in [3.05, 3.63) is 0 Å². The van der Waals surface area contributed by atoms with Crippen LogP contribution in [0, 0.1) is 52.3 Å². The Morgan fingerprint density at radius 3 is 2.17 bits per heavy atom. The molecule has 0 radical (unpaired) electrons. The van der Waals surface area contributed by atoms with Crippen molar-refractivity contribution in [1.29, 1.82) is 0 Å². The van der Waals surface area contributed by atoms with Gasteiger partial charge >= 0.3 is 11.9 Å². The molecule has 4 aliphatic carbocycles. The second-order valence-electron chi connectivity index (χ2n) is 13.2. The lowest BCUT2D eigenvalue weighted by molar-refractivity contribution is -0.219. The molecule has 5 nitrogen and oxygen atoms in total. The zero-order valence-corrected chi connectivity index (χ0v) is 25.3. The van der Waals surface area contributed by atoms with Crippen molar-refractivity contribution in [3.63, 3.8) is 0 Å². The summed E-state index contributed by atoms with van der Waals surface area (Å²) in [6.45, 7) is 12.7. The zero-order chi connectivity index (χ0) is 26.4. The summed E-state index contributed by atoms with van der Waals surface area (Å²) in [5, 5.41) is 0. The molecule has 0 amide bonds. The lowest BCUT2D eigenvalue weighted by Gasteiger charge is -2.65. The van der Waals surface area contributed by atoms with Crippen LogP contribution < -0.4 is 0 Å². The number of carbonyl (C=O) groups excluding carboxylic acids is 3. The smallest absolute Gasteiger partial charge is 0.302 e. The summed E-state index contributed by atoms with van der Waals surface area (Å²) >= 11 is 1.94. The summed E-state index contributed by atoms with van der Waals surface area (Å²) in [5.41, 5.74) is 0.432. The van der Waals surface area contributed by atoms with E-state index in [1.807, 2.05) is 22.6 Å². The molecule has 11 atom stereocenters. The van der Waals surface area contributed by atoms with Crippen molar-refractivity contribution in [1.82, 2.24) is 0 Å². The van der Waals surface area contributed by atoms with E-state index < -0.39 is 0 Å². The lowest BCUT2D eigenvalue weighted by atomic mass is 9.41. The van der Waals surface area contributed by atoms with Gasteiger partial charge in [0.1, 0.15) is 12.2 Å². The van der Waals surface area contributed by atoms with Gasteiger partial charge in [-0.3, -0.25) is 14.4 Å². The average molecular weight is 615 g/mol. The molecule has 0 saturated heterocycles. The van der Waals surface area contributed by atoms with Crippen LogP contribution in [0.15, 0.2) is 0 Å². The number of halogens is 1. The number of hydrogen-bond donors (Lipinski definition) is 0.